The van der Waals surface area contributed by atoms with Gasteiger partial charge in [-0.2, -0.15) is 14.0 Å². The number of allylic oxidation sites excluding steroid dienone is 4. The number of hydrogen-bond acceptors (Lipinski definition) is 4. The quantitative estimate of drug-likeness (QED) is 0.737. The molecule has 4 nitrogen and oxygen atoms in total. The second kappa shape index (κ2) is 5.06. The predicted molar refractivity (Wildman–Crippen MR) is 56.6 cm³/mol. The summed E-state index contributed by atoms with van der Waals surface area (Å²) in [7, 11) is -4.54. The molecule has 0 amide bonds. The van der Waals surface area contributed by atoms with Gasteiger partial charge in [0.25, 0.3) is 5.60 Å². The van der Waals surface area contributed by atoms with Gasteiger partial charge in [-0.3, -0.25) is 0 Å². The molecular weight excluding hydrogens is 256 g/mol. The Labute approximate surface area is 107 Å². The lowest BCUT2D eigenvalue weighted by Gasteiger charge is -2.24. The molecule has 0 bridgehead atoms. The van der Waals surface area contributed by atoms with Crippen molar-refractivity contribution in [2.75, 3.05) is 0 Å². The fourth-order valence-electron chi connectivity index (χ4n) is 1.72. The van der Waals surface area contributed by atoms with Crippen LogP contribution in [0.1, 0.15) is 5.56 Å². The average molecular weight is 267 g/mol. The molecular formula is C13H11ClO4. The summed E-state index contributed by atoms with van der Waals surface area (Å²) < 4.78 is 37.4. The van der Waals surface area contributed by atoms with Crippen molar-refractivity contribution in [3.63, 3.8) is 0 Å². The van der Waals surface area contributed by atoms with Crippen LogP contribution < -0.4 is 14.0 Å². The molecule has 0 aliphatic heterocycles. The van der Waals surface area contributed by atoms with Gasteiger partial charge in [0.1, 0.15) is 0 Å². The molecule has 1 aliphatic rings. The van der Waals surface area contributed by atoms with E-state index in [1.807, 2.05) is 0 Å². The maximum Gasteiger partial charge on any atom is 0.285 e. The molecule has 0 heterocycles. The Balaban J connectivity index is 2.47. The lowest BCUT2D eigenvalue weighted by Crippen LogP contribution is -2.63. The minimum atomic E-state index is -4.54. The molecule has 0 saturated carbocycles. The largest absolute Gasteiger partial charge is 0.285 e. The molecule has 0 spiro atoms. The van der Waals surface area contributed by atoms with E-state index in [2.05, 4.69) is 0 Å². The van der Waals surface area contributed by atoms with E-state index >= 15 is 0 Å². The van der Waals surface area contributed by atoms with Crippen LogP contribution in [-0.4, -0.2) is 0 Å². The zero-order valence-electron chi connectivity index (χ0n) is 9.36. The molecule has 0 fully saturated rings. The van der Waals surface area contributed by atoms with Crippen LogP contribution in [0.5, 0.6) is 0 Å². The Hall–Kier alpha value is -1.43. The third kappa shape index (κ3) is 3.07. The minimum Gasteiger partial charge on any atom is -0.183 e. The van der Waals surface area contributed by atoms with Crippen LogP contribution in [0, 0.1) is 10.2 Å². The molecule has 0 unspecified atom stereocenters. The van der Waals surface area contributed by atoms with Crippen molar-refractivity contribution in [1.29, 1.82) is 0 Å². The second-order valence-electron chi connectivity index (χ2n) is 3.72. The molecule has 1 aromatic carbocycles. The molecule has 0 atom stereocenters. The predicted octanol–water partition coefficient (Wildman–Crippen LogP) is -0.522. The van der Waals surface area contributed by atoms with Gasteiger partial charge in [0.2, 0.25) is 0 Å². The van der Waals surface area contributed by atoms with E-state index < -0.39 is 15.8 Å². The van der Waals surface area contributed by atoms with Gasteiger partial charge in [0.15, 0.2) is 0 Å². The van der Waals surface area contributed by atoms with Gasteiger partial charge in [-0.25, -0.2) is 0 Å². The van der Waals surface area contributed by atoms with E-state index in [0.29, 0.717) is 5.56 Å². The van der Waals surface area contributed by atoms with Crippen LogP contribution in [-0.2, 0) is 9.89 Å². The number of hydrogen-bond donors (Lipinski definition) is 0. The maximum atomic E-state index is 10.9. The van der Waals surface area contributed by atoms with Crippen LogP contribution >= 0.6 is 0 Å². The van der Waals surface area contributed by atoms with Crippen LogP contribution in [0.15, 0.2) is 66.8 Å². The Kier molecular flexibility index (Phi) is 3.65. The first-order valence-corrected chi connectivity index (χ1v) is 6.46. The summed E-state index contributed by atoms with van der Waals surface area (Å²) in [4.78, 5) is 0. The van der Waals surface area contributed by atoms with Gasteiger partial charge >= 0.3 is 0 Å². The highest BCUT2D eigenvalue weighted by Crippen LogP contribution is 2.32. The number of rotatable bonds is 3. The van der Waals surface area contributed by atoms with Crippen molar-refractivity contribution in [1.82, 2.24) is 0 Å². The van der Waals surface area contributed by atoms with Gasteiger partial charge in [-0.15, -0.1) is 0 Å². The Morgan fingerprint density at radius 2 is 1.39 bits per heavy atom. The minimum absolute atomic E-state index is 0.563. The summed E-state index contributed by atoms with van der Waals surface area (Å²) in [5, 5.41) is 0. The third-order valence-electron chi connectivity index (χ3n) is 2.47. The first-order chi connectivity index (χ1) is 8.52. The van der Waals surface area contributed by atoms with Crippen molar-refractivity contribution in [3.8, 4) is 0 Å². The van der Waals surface area contributed by atoms with Crippen molar-refractivity contribution in [2.45, 2.75) is 5.60 Å². The van der Waals surface area contributed by atoms with Gasteiger partial charge in [-0.05, 0) is 12.2 Å². The summed E-state index contributed by atoms with van der Waals surface area (Å²) in [5.41, 5.74) is -0.833. The van der Waals surface area contributed by atoms with E-state index in [1.165, 1.54) is 12.2 Å². The van der Waals surface area contributed by atoms with Crippen molar-refractivity contribution >= 4 is 0 Å². The number of halogens is 1. The summed E-state index contributed by atoms with van der Waals surface area (Å²) in [6.45, 7) is 0. The molecule has 0 aromatic heterocycles. The highest BCUT2D eigenvalue weighted by molar-refractivity contribution is 5.37. The number of benzene rings is 1. The van der Waals surface area contributed by atoms with E-state index in [4.69, 9.17) is 4.29 Å². The standard InChI is InChI=1S/C13H11ClO4/c15-14(16,17)18-13(10-6-1-2-7-11-13)12-8-4-3-5-9-12/h1-11H. The molecule has 1 aromatic rings. The van der Waals surface area contributed by atoms with E-state index in [0.717, 1.165) is 0 Å². The summed E-state index contributed by atoms with van der Waals surface area (Å²) >= 11 is 0. The highest BCUT2D eigenvalue weighted by Gasteiger charge is 2.43. The van der Waals surface area contributed by atoms with Gasteiger partial charge < -0.3 is 0 Å². The smallest absolute Gasteiger partial charge is 0.183 e. The van der Waals surface area contributed by atoms with Crippen LogP contribution in [0.4, 0.5) is 0 Å². The molecule has 94 valence electrons. The molecule has 5 heteroatoms. The highest BCUT2D eigenvalue weighted by atomic mass is 35.7. The molecule has 1 aliphatic carbocycles. The normalized spacial score (nSPS) is 17.7. The topological polar surface area (TPSA) is 78.4 Å². The lowest BCUT2D eigenvalue weighted by atomic mass is 9.93. The molecule has 0 radical (unpaired) electrons. The SMILES string of the molecule is [O-][Cl+3]([O-])([O-])OC1(c2ccccc2)C=CC=CC=C1. The van der Waals surface area contributed by atoms with Crippen molar-refractivity contribution in [2.24, 2.45) is 0 Å². The Morgan fingerprint density at radius 3 is 1.89 bits per heavy atom. The lowest BCUT2D eigenvalue weighted by molar-refractivity contribution is -1.92. The fraction of sp³-hybridized carbons (Fsp3) is 0.0769. The summed E-state index contributed by atoms with van der Waals surface area (Å²) in [6.07, 6.45) is 9.74. The second-order valence-corrected chi connectivity index (χ2v) is 4.63. The van der Waals surface area contributed by atoms with Crippen molar-refractivity contribution in [3.05, 3.63) is 72.4 Å². The zero-order valence-corrected chi connectivity index (χ0v) is 10.1. The maximum absolute atomic E-state index is 10.9. The van der Waals surface area contributed by atoms with Gasteiger partial charge in [0.05, 0.1) is 14.5 Å². The summed E-state index contributed by atoms with van der Waals surface area (Å²) in [6, 6.07) is 8.67. The van der Waals surface area contributed by atoms with E-state index in [1.54, 1.807) is 54.6 Å². The van der Waals surface area contributed by atoms with E-state index in [9.17, 15) is 14.0 Å². The first-order valence-electron chi connectivity index (χ1n) is 5.23. The monoisotopic (exact) mass is 266 g/mol. The average Bonchev–Trinajstić information content (AvgIpc) is 2.55. The first kappa shape index (κ1) is 13.0. The van der Waals surface area contributed by atoms with Gasteiger partial charge in [0, 0.05) is 5.56 Å². The molecule has 0 N–H and O–H groups in total. The summed E-state index contributed by atoms with van der Waals surface area (Å²) in [5.74, 6) is 0. The third-order valence-corrected chi connectivity index (χ3v) is 2.91. The molecule has 18 heavy (non-hydrogen) atoms. The fourth-order valence-corrected chi connectivity index (χ4v) is 2.23. The Morgan fingerprint density at radius 1 is 0.833 bits per heavy atom. The zero-order chi connectivity index (χ0) is 13.1. The Bertz CT molecular complexity index is 469. The van der Waals surface area contributed by atoms with Gasteiger partial charge in [-0.1, -0.05) is 54.6 Å². The molecule has 2 rings (SSSR count). The van der Waals surface area contributed by atoms with Crippen LogP contribution in [0.3, 0.4) is 0 Å². The van der Waals surface area contributed by atoms with Crippen molar-refractivity contribution < 1.29 is 28.5 Å². The van der Waals surface area contributed by atoms with Crippen LogP contribution in [0.25, 0.3) is 0 Å². The molecule has 0 saturated heterocycles. The van der Waals surface area contributed by atoms with E-state index in [-0.39, 0.29) is 0 Å². The van der Waals surface area contributed by atoms with Crippen LogP contribution in [0.2, 0.25) is 0 Å².